The van der Waals surface area contributed by atoms with Gasteiger partial charge in [0.1, 0.15) is 6.33 Å². The summed E-state index contributed by atoms with van der Waals surface area (Å²) < 4.78 is 7.86. The summed E-state index contributed by atoms with van der Waals surface area (Å²) in [5, 5.41) is 0. The number of fused-ring (bicyclic) bond motifs is 1. The lowest BCUT2D eigenvalue weighted by molar-refractivity contribution is 0.0519. The van der Waals surface area contributed by atoms with Crippen LogP contribution < -0.4 is 0 Å². The highest BCUT2D eigenvalue weighted by Crippen LogP contribution is 2.23. The summed E-state index contributed by atoms with van der Waals surface area (Å²) in [6.45, 7) is 2.09. The van der Waals surface area contributed by atoms with Crippen LogP contribution in [-0.4, -0.2) is 26.9 Å². The van der Waals surface area contributed by atoms with Crippen LogP contribution >= 0.6 is 15.9 Å². The molecule has 6 heteroatoms. The zero-order valence-electron chi connectivity index (χ0n) is 11.3. The molecule has 0 N–H and O–H groups in total. The fourth-order valence-corrected chi connectivity index (χ4v) is 2.33. The van der Waals surface area contributed by atoms with E-state index in [1.54, 1.807) is 25.5 Å². The number of imidazole rings is 1. The summed E-state index contributed by atoms with van der Waals surface area (Å²) in [6, 6.07) is 9.54. The SMILES string of the molecule is CCOC(=O)c1cc(-c2ccc(Br)cc2)n2cncc2n1. The van der Waals surface area contributed by atoms with Gasteiger partial charge in [0.15, 0.2) is 11.3 Å². The van der Waals surface area contributed by atoms with Crippen LogP contribution in [-0.2, 0) is 4.74 Å². The molecule has 2 aromatic heterocycles. The first-order chi connectivity index (χ1) is 10.2. The lowest BCUT2D eigenvalue weighted by atomic mass is 10.1. The highest BCUT2D eigenvalue weighted by molar-refractivity contribution is 9.10. The molecular weight excluding hydrogens is 334 g/mol. The van der Waals surface area contributed by atoms with E-state index in [-0.39, 0.29) is 5.69 Å². The van der Waals surface area contributed by atoms with Gasteiger partial charge in [-0.25, -0.2) is 14.8 Å². The molecule has 0 amide bonds. The van der Waals surface area contributed by atoms with Gasteiger partial charge in [0.2, 0.25) is 0 Å². The van der Waals surface area contributed by atoms with Gasteiger partial charge in [0.25, 0.3) is 0 Å². The number of nitrogens with zero attached hydrogens (tertiary/aromatic N) is 3. The molecule has 0 aliphatic carbocycles. The number of hydrogen-bond acceptors (Lipinski definition) is 4. The van der Waals surface area contributed by atoms with Crippen molar-refractivity contribution in [3.8, 4) is 11.3 Å². The first kappa shape index (κ1) is 13.8. The number of aromatic nitrogens is 3. The number of esters is 1. The van der Waals surface area contributed by atoms with Crippen LogP contribution in [0.25, 0.3) is 16.9 Å². The molecule has 21 heavy (non-hydrogen) atoms. The maximum Gasteiger partial charge on any atom is 0.357 e. The van der Waals surface area contributed by atoms with E-state index >= 15 is 0 Å². The minimum Gasteiger partial charge on any atom is -0.461 e. The second-order valence-corrected chi connectivity index (χ2v) is 5.29. The minimum atomic E-state index is -0.431. The molecule has 0 bridgehead atoms. The van der Waals surface area contributed by atoms with Crippen LogP contribution in [0.1, 0.15) is 17.4 Å². The number of carbonyl (C=O) groups excluding carboxylic acids is 1. The van der Waals surface area contributed by atoms with E-state index in [0.29, 0.717) is 12.3 Å². The summed E-state index contributed by atoms with van der Waals surface area (Å²) in [6.07, 6.45) is 3.29. The number of benzene rings is 1. The Kier molecular flexibility index (Phi) is 3.70. The van der Waals surface area contributed by atoms with E-state index in [4.69, 9.17) is 4.74 Å². The first-order valence-electron chi connectivity index (χ1n) is 6.45. The molecule has 3 aromatic rings. The van der Waals surface area contributed by atoms with Gasteiger partial charge in [0, 0.05) is 4.47 Å². The number of hydrogen-bond donors (Lipinski definition) is 0. The number of rotatable bonds is 3. The molecule has 0 aliphatic rings. The molecule has 0 atom stereocenters. The second kappa shape index (κ2) is 5.65. The van der Waals surface area contributed by atoms with Gasteiger partial charge in [-0.05, 0) is 30.7 Å². The quantitative estimate of drug-likeness (QED) is 0.683. The van der Waals surface area contributed by atoms with Gasteiger partial charge < -0.3 is 4.74 Å². The highest BCUT2D eigenvalue weighted by atomic mass is 79.9. The molecule has 0 fully saturated rings. The molecular formula is C15H12BrN3O2. The Morgan fingerprint density at radius 1 is 1.33 bits per heavy atom. The molecule has 5 nitrogen and oxygen atoms in total. The number of halogens is 1. The standard InChI is InChI=1S/C15H12BrN3O2/c1-2-21-15(20)12-7-13(10-3-5-11(16)6-4-10)19-9-17-8-14(19)18-12/h3-9H,2H2,1H3. The van der Waals surface area contributed by atoms with Crippen molar-refractivity contribution in [2.24, 2.45) is 0 Å². The predicted molar refractivity (Wildman–Crippen MR) is 82.1 cm³/mol. The fourth-order valence-electron chi connectivity index (χ4n) is 2.06. The van der Waals surface area contributed by atoms with E-state index < -0.39 is 5.97 Å². The van der Waals surface area contributed by atoms with Crippen molar-refractivity contribution in [3.63, 3.8) is 0 Å². The number of carbonyl (C=O) groups is 1. The fraction of sp³-hybridized carbons (Fsp3) is 0.133. The van der Waals surface area contributed by atoms with Crippen molar-refractivity contribution in [2.75, 3.05) is 6.61 Å². The predicted octanol–water partition coefficient (Wildman–Crippen LogP) is 3.34. The average Bonchev–Trinajstić information content (AvgIpc) is 2.95. The summed E-state index contributed by atoms with van der Waals surface area (Å²) in [5.41, 5.74) is 2.70. The smallest absolute Gasteiger partial charge is 0.357 e. The van der Waals surface area contributed by atoms with Gasteiger partial charge in [0.05, 0.1) is 18.5 Å². The van der Waals surface area contributed by atoms with Gasteiger partial charge in [-0.3, -0.25) is 4.40 Å². The Morgan fingerprint density at radius 2 is 2.10 bits per heavy atom. The summed E-state index contributed by atoms with van der Waals surface area (Å²) in [5.74, 6) is -0.431. The van der Waals surface area contributed by atoms with Crippen LogP contribution in [0, 0.1) is 0 Å². The van der Waals surface area contributed by atoms with Crippen LogP contribution in [0.2, 0.25) is 0 Å². The van der Waals surface area contributed by atoms with E-state index in [1.165, 1.54) is 0 Å². The zero-order chi connectivity index (χ0) is 14.8. The van der Waals surface area contributed by atoms with E-state index in [2.05, 4.69) is 25.9 Å². The molecule has 0 radical (unpaired) electrons. The average molecular weight is 346 g/mol. The van der Waals surface area contributed by atoms with Crippen molar-refractivity contribution in [1.82, 2.24) is 14.4 Å². The van der Waals surface area contributed by atoms with Gasteiger partial charge in [-0.2, -0.15) is 0 Å². The summed E-state index contributed by atoms with van der Waals surface area (Å²) in [7, 11) is 0. The van der Waals surface area contributed by atoms with Crippen LogP contribution in [0.5, 0.6) is 0 Å². The second-order valence-electron chi connectivity index (χ2n) is 4.38. The maximum atomic E-state index is 11.9. The third kappa shape index (κ3) is 2.67. The minimum absolute atomic E-state index is 0.280. The van der Waals surface area contributed by atoms with Crippen molar-refractivity contribution < 1.29 is 9.53 Å². The molecule has 0 spiro atoms. The molecule has 2 heterocycles. The Hall–Kier alpha value is -2.21. The molecule has 0 saturated heterocycles. The van der Waals surface area contributed by atoms with E-state index in [9.17, 15) is 4.79 Å². The third-order valence-electron chi connectivity index (χ3n) is 3.01. The number of ether oxygens (including phenoxy) is 1. The molecule has 0 saturated carbocycles. The highest BCUT2D eigenvalue weighted by Gasteiger charge is 2.14. The van der Waals surface area contributed by atoms with Crippen LogP contribution in [0.15, 0.2) is 47.3 Å². The maximum absolute atomic E-state index is 11.9. The Balaban J connectivity index is 2.18. The normalized spacial score (nSPS) is 10.8. The monoisotopic (exact) mass is 345 g/mol. The van der Waals surface area contributed by atoms with Gasteiger partial charge in [-0.1, -0.05) is 28.1 Å². The molecule has 1 aromatic carbocycles. The largest absolute Gasteiger partial charge is 0.461 e. The van der Waals surface area contributed by atoms with E-state index in [1.807, 2.05) is 28.7 Å². The Morgan fingerprint density at radius 3 is 2.81 bits per heavy atom. The van der Waals surface area contributed by atoms with Crippen LogP contribution in [0.3, 0.4) is 0 Å². The van der Waals surface area contributed by atoms with Crippen molar-refractivity contribution in [3.05, 3.63) is 53.0 Å². The molecule has 3 rings (SSSR count). The summed E-state index contributed by atoms with van der Waals surface area (Å²) in [4.78, 5) is 20.3. The lowest BCUT2D eigenvalue weighted by Gasteiger charge is -2.08. The van der Waals surface area contributed by atoms with Crippen molar-refractivity contribution >= 4 is 27.5 Å². The first-order valence-corrected chi connectivity index (χ1v) is 7.24. The Labute approximate surface area is 129 Å². The van der Waals surface area contributed by atoms with Gasteiger partial charge >= 0.3 is 5.97 Å². The zero-order valence-corrected chi connectivity index (χ0v) is 12.9. The molecule has 106 valence electrons. The third-order valence-corrected chi connectivity index (χ3v) is 3.54. The lowest BCUT2D eigenvalue weighted by Crippen LogP contribution is -2.09. The molecule has 0 unspecified atom stereocenters. The van der Waals surface area contributed by atoms with Crippen molar-refractivity contribution in [1.29, 1.82) is 0 Å². The molecule has 0 aliphatic heterocycles. The topological polar surface area (TPSA) is 56.5 Å². The van der Waals surface area contributed by atoms with Crippen molar-refractivity contribution in [2.45, 2.75) is 6.92 Å². The Bertz CT molecular complexity index is 796. The van der Waals surface area contributed by atoms with Gasteiger partial charge in [-0.15, -0.1) is 0 Å². The van der Waals surface area contributed by atoms with E-state index in [0.717, 1.165) is 15.7 Å². The summed E-state index contributed by atoms with van der Waals surface area (Å²) >= 11 is 3.41. The van der Waals surface area contributed by atoms with Crippen LogP contribution in [0.4, 0.5) is 0 Å².